The largest absolute Gasteiger partial charge is 0.413 e. The molecule has 3 aliphatic rings. The first-order valence-corrected chi connectivity index (χ1v) is 9.89. The van der Waals surface area contributed by atoms with Crippen molar-refractivity contribution in [1.82, 2.24) is 0 Å². The van der Waals surface area contributed by atoms with Gasteiger partial charge >= 0.3 is 6.18 Å². The molecule has 0 amide bonds. The second kappa shape index (κ2) is 8.39. The zero-order valence-corrected chi connectivity index (χ0v) is 16.5. The summed E-state index contributed by atoms with van der Waals surface area (Å²) in [4.78, 5) is 28.3. The molecule has 29 heavy (non-hydrogen) atoms. The molecule has 2 saturated carbocycles. The first-order valence-electron chi connectivity index (χ1n) is 9.89. The third-order valence-corrected chi connectivity index (χ3v) is 6.78. The number of halogens is 3. The fourth-order valence-electron chi connectivity index (χ4n) is 5.09. The van der Waals surface area contributed by atoms with Crippen LogP contribution in [0.5, 0.6) is 0 Å². The van der Waals surface area contributed by atoms with Crippen LogP contribution in [0.2, 0.25) is 0 Å². The van der Waals surface area contributed by atoms with E-state index in [1.54, 1.807) is 0 Å². The molecule has 3 rings (SSSR count). The van der Waals surface area contributed by atoms with Crippen LogP contribution in [0.25, 0.3) is 0 Å². The van der Waals surface area contributed by atoms with Crippen molar-refractivity contribution in [2.75, 3.05) is 20.5 Å². The Morgan fingerprint density at radius 1 is 1.34 bits per heavy atom. The molecule has 0 spiro atoms. The number of aliphatic hydroxyl groups is 1. The molecule has 0 saturated heterocycles. The van der Waals surface area contributed by atoms with Crippen LogP contribution < -0.4 is 0 Å². The standard InChI is InChI=1S/C19H27F3N2O5/c1-18(19(20,21)22)6-5-12(13(23-18)8-29-9-28-2)17(26)14-15(24-27)10-3-4-11(7-10)16(14)25/h10-12,14-15,17,26H,3-9H2,1-2H3. The monoisotopic (exact) mass is 420 g/mol. The Bertz CT molecular complexity index is 671. The van der Waals surface area contributed by atoms with Gasteiger partial charge in [-0.1, -0.05) is 5.18 Å². The summed E-state index contributed by atoms with van der Waals surface area (Å²) < 4.78 is 50.6. The topological polar surface area (TPSA) is 97.6 Å². The molecule has 0 radical (unpaired) electrons. The number of ketones is 1. The molecule has 1 N–H and O–H groups in total. The second-order valence-corrected chi connectivity index (χ2v) is 8.56. The highest BCUT2D eigenvalue weighted by Gasteiger charge is 2.57. The number of nitroso groups, excluding NO2 is 1. The van der Waals surface area contributed by atoms with Crippen molar-refractivity contribution >= 4 is 11.5 Å². The first-order chi connectivity index (χ1) is 13.6. The fourth-order valence-corrected chi connectivity index (χ4v) is 5.09. The third-order valence-electron chi connectivity index (χ3n) is 6.78. The van der Waals surface area contributed by atoms with Gasteiger partial charge in [0.15, 0.2) is 5.54 Å². The fraction of sp³-hybridized carbons (Fsp3) is 0.895. The van der Waals surface area contributed by atoms with Gasteiger partial charge in [-0.25, -0.2) is 0 Å². The number of Topliss-reactive ketones (excluding diaryl/α,β-unsaturated/α-hetero) is 1. The van der Waals surface area contributed by atoms with Gasteiger partial charge in [0.25, 0.3) is 0 Å². The zero-order chi connectivity index (χ0) is 21.4. The normalized spacial score (nSPS) is 38.6. The van der Waals surface area contributed by atoms with Crippen LogP contribution in [0, 0.1) is 28.6 Å². The molecule has 2 fully saturated rings. The smallest absolute Gasteiger partial charge is 0.392 e. The average Bonchev–Trinajstić information content (AvgIpc) is 3.09. The van der Waals surface area contributed by atoms with Crippen LogP contribution in [0.4, 0.5) is 13.2 Å². The highest BCUT2D eigenvalue weighted by atomic mass is 19.4. The predicted molar refractivity (Wildman–Crippen MR) is 97.4 cm³/mol. The lowest BCUT2D eigenvalue weighted by molar-refractivity contribution is -0.184. The van der Waals surface area contributed by atoms with E-state index in [-0.39, 0.29) is 49.6 Å². The van der Waals surface area contributed by atoms with Crippen LogP contribution >= 0.6 is 0 Å². The Morgan fingerprint density at radius 3 is 2.69 bits per heavy atom. The number of rotatable bonds is 7. The number of ether oxygens (including phenoxy) is 2. The van der Waals surface area contributed by atoms with Crippen molar-refractivity contribution in [1.29, 1.82) is 0 Å². The van der Waals surface area contributed by atoms with Gasteiger partial charge in [0, 0.05) is 24.7 Å². The molecule has 0 aromatic rings. The number of alkyl halides is 3. The van der Waals surface area contributed by atoms with Crippen molar-refractivity contribution in [2.24, 2.45) is 33.8 Å². The Balaban J connectivity index is 1.89. The van der Waals surface area contributed by atoms with E-state index in [1.165, 1.54) is 7.11 Å². The number of hydrogen-bond acceptors (Lipinski definition) is 7. The van der Waals surface area contributed by atoms with Crippen molar-refractivity contribution < 1.29 is 32.5 Å². The lowest BCUT2D eigenvalue weighted by atomic mass is 9.68. The lowest BCUT2D eigenvalue weighted by Gasteiger charge is -2.41. The van der Waals surface area contributed by atoms with Crippen molar-refractivity contribution in [3.05, 3.63) is 4.91 Å². The summed E-state index contributed by atoms with van der Waals surface area (Å²) in [5.74, 6) is -2.31. The molecule has 7 atom stereocenters. The van der Waals surface area contributed by atoms with Crippen LogP contribution in [-0.4, -0.2) is 61.0 Å². The summed E-state index contributed by atoms with van der Waals surface area (Å²) in [6, 6.07) is -0.853. The van der Waals surface area contributed by atoms with Crippen molar-refractivity contribution in [2.45, 2.75) is 62.9 Å². The van der Waals surface area contributed by atoms with Crippen LogP contribution in [0.3, 0.4) is 0 Å². The molecule has 7 unspecified atom stereocenters. The van der Waals surface area contributed by atoms with E-state index in [0.717, 1.165) is 6.92 Å². The van der Waals surface area contributed by atoms with Gasteiger partial charge in [-0.3, -0.25) is 9.79 Å². The van der Waals surface area contributed by atoms with Gasteiger partial charge in [-0.2, -0.15) is 18.1 Å². The van der Waals surface area contributed by atoms with E-state index in [0.29, 0.717) is 19.3 Å². The molecular weight excluding hydrogens is 393 g/mol. The molecule has 1 aliphatic heterocycles. The molecule has 1 heterocycles. The maximum atomic E-state index is 13.5. The summed E-state index contributed by atoms with van der Waals surface area (Å²) in [6.45, 7) is 0.609. The highest BCUT2D eigenvalue weighted by Crippen LogP contribution is 2.48. The van der Waals surface area contributed by atoms with Gasteiger partial charge in [0.1, 0.15) is 18.6 Å². The number of methoxy groups -OCH3 is 1. The number of fused-ring (bicyclic) bond motifs is 2. The van der Waals surface area contributed by atoms with E-state index in [2.05, 4.69) is 10.2 Å². The van der Waals surface area contributed by atoms with Crippen LogP contribution in [0.15, 0.2) is 10.2 Å². The summed E-state index contributed by atoms with van der Waals surface area (Å²) in [7, 11) is 1.38. The molecule has 2 aliphatic carbocycles. The number of aliphatic hydroxyl groups excluding tert-OH is 1. The second-order valence-electron chi connectivity index (χ2n) is 8.56. The Kier molecular flexibility index (Phi) is 6.45. The molecule has 10 heteroatoms. The Labute approximate surface area is 167 Å². The van der Waals surface area contributed by atoms with Gasteiger partial charge in [-0.05, 0) is 44.9 Å². The van der Waals surface area contributed by atoms with Crippen molar-refractivity contribution in [3.63, 3.8) is 0 Å². The number of aliphatic imine (C=N–C) groups is 1. The first kappa shape index (κ1) is 22.3. The lowest BCUT2D eigenvalue weighted by Crippen LogP contribution is -2.53. The van der Waals surface area contributed by atoms with Gasteiger partial charge in [0.05, 0.1) is 18.6 Å². The summed E-state index contributed by atoms with van der Waals surface area (Å²) in [6.07, 6.45) is -4.26. The predicted octanol–water partition coefficient (Wildman–Crippen LogP) is 2.89. The summed E-state index contributed by atoms with van der Waals surface area (Å²) in [5, 5.41) is 14.2. The highest BCUT2D eigenvalue weighted by molar-refractivity contribution is 5.92. The Hall–Kier alpha value is -1.39. The summed E-state index contributed by atoms with van der Waals surface area (Å²) in [5.41, 5.74) is -2.25. The van der Waals surface area contributed by atoms with E-state index in [4.69, 9.17) is 9.47 Å². The number of nitrogens with zero attached hydrogens (tertiary/aromatic N) is 2. The van der Waals surface area contributed by atoms with E-state index in [9.17, 15) is 28.0 Å². The Morgan fingerprint density at radius 2 is 2.07 bits per heavy atom. The summed E-state index contributed by atoms with van der Waals surface area (Å²) >= 11 is 0. The van der Waals surface area contributed by atoms with E-state index >= 15 is 0 Å². The van der Waals surface area contributed by atoms with Crippen LogP contribution in [-0.2, 0) is 14.3 Å². The minimum Gasteiger partial charge on any atom is -0.392 e. The van der Waals surface area contributed by atoms with Gasteiger partial charge in [-0.15, -0.1) is 0 Å². The number of carbonyl (C=O) groups excluding carboxylic acids is 1. The number of carbonyl (C=O) groups is 1. The molecular formula is C19H27F3N2O5. The van der Waals surface area contributed by atoms with E-state index < -0.39 is 35.7 Å². The van der Waals surface area contributed by atoms with E-state index in [1.807, 2.05) is 0 Å². The molecule has 7 nitrogen and oxygen atoms in total. The number of hydrogen-bond donors (Lipinski definition) is 1. The zero-order valence-electron chi connectivity index (χ0n) is 16.5. The van der Waals surface area contributed by atoms with Gasteiger partial charge < -0.3 is 14.6 Å². The minimum absolute atomic E-state index is 0.0168. The average molecular weight is 420 g/mol. The third kappa shape index (κ3) is 4.11. The maximum absolute atomic E-state index is 13.5. The van der Waals surface area contributed by atoms with Crippen molar-refractivity contribution in [3.8, 4) is 0 Å². The molecule has 0 aromatic heterocycles. The molecule has 0 aromatic carbocycles. The SMILES string of the molecule is COCOCC1=NC(C)(C(F)(F)F)CCC1C(O)C1C(=O)C2CCC(C2)C1N=O. The molecule has 2 bridgehead atoms. The van der Waals surface area contributed by atoms with Gasteiger partial charge in [0.2, 0.25) is 0 Å². The quantitative estimate of drug-likeness (QED) is 0.388. The maximum Gasteiger partial charge on any atom is 0.413 e. The minimum atomic E-state index is -4.55. The molecule has 164 valence electrons. The van der Waals surface area contributed by atoms with Crippen LogP contribution in [0.1, 0.15) is 39.0 Å².